The average Bonchev–Trinajstić information content (AvgIpc) is 3.21. The van der Waals surface area contributed by atoms with Gasteiger partial charge in [0.25, 0.3) is 0 Å². The van der Waals surface area contributed by atoms with Gasteiger partial charge in [-0.3, -0.25) is 4.79 Å². The van der Waals surface area contributed by atoms with Crippen molar-refractivity contribution in [3.05, 3.63) is 58.1 Å². The van der Waals surface area contributed by atoms with Crippen LogP contribution < -0.4 is 9.47 Å². The van der Waals surface area contributed by atoms with Crippen LogP contribution in [0.3, 0.4) is 0 Å². The van der Waals surface area contributed by atoms with Crippen molar-refractivity contribution in [1.82, 2.24) is 0 Å². The van der Waals surface area contributed by atoms with Gasteiger partial charge >= 0.3 is 0 Å². The smallest absolute Gasteiger partial charge is 0.194 e. The molecule has 7 nitrogen and oxygen atoms in total. The highest BCUT2D eigenvalue weighted by atomic mass is 35.5. The summed E-state index contributed by atoms with van der Waals surface area (Å²) in [6.45, 7) is 4.52. The molecular formula is C23H23ClO7. The SMILES string of the molecule is CC1(C)OC2OC(C(=O)c3ccc(Cl)c(Cc4ccc5c(c4)OCCO5)c3)C(O)C2O1. The van der Waals surface area contributed by atoms with E-state index < -0.39 is 30.4 Å². The molecule has 3 aliphatic heterocycles. The summed E-state index contributed by atoms with van der Waals surface area (Å²) in [7, 11) is 0. The van der Waals surface area contributed by atoms with Crippen molar-refractivity contribution < 1.29 is 33.6 Å². The van der Waals surface area contributed by atoms with Crippen molar-refractivity contribution in [3.8, 4) is 11.5 Å². The molecule has 3 aliphatic rings. The number of benzene rings is 2. The van der Waals surface area contributed by atoms with Crippen molar-refractivity contribution in [1.29, 1.82) is 0 Å². The van der Waals surface area contributed by atoms with Crippen LogP contribution in [0.4, 0.5) is 0 Å². The van der Waals surface area contributed by atoms with Crippen LogP contribution >= 0.6 is 11.6 Å². The predicted molar refractivity (Wildman–Crippen MR) is 111 cm³/mol. The lowest BCUT2D eigenvalue weighted by Crippen LogP contribution is -2.38. The second kappa shape index (κ2) is 7.76. The fourth-order valence-corrected chi connectivity index (χ4v) is 4.34. The van der Waals surface area contributed by atoms with Gasteiger partial charge in [-0.25, -0.2) is 0 Å². The molecule has 0 aromatic heterocycles. The number of fused-ring (bicyclic) bond motifs is 2. The van der Waals surface area contributed by atoms with Gasteiger partial charge < -0.3 is 28.8 Å². The van der Waals surface area contributed by atoms with Crippen molar-refractivity contribution >= 4 is 17.4 Å². The fourth-order valence-electron chi connectivity index (χ4n) is 4.15. The number of hydrogen-bond acceptors (Lipinski definition) is 7. The second-order valence-electron chi connectivity index (χ2n) is 8.34. The molecule has 2 aromatic rings. The fraction of sp³-hybridized carbons (Fsp3) is 0.435. The monoisotopic (exact) mass is 446 g/mol. The summed E-state index contributed by atoms with van der Waals surface area (Å²) >= 11 is 6.40. The van der Waals surface area contributed by atoms with Crippen LogP contribution in [0.5, 0.6) is 11.5 Å². The first-order valence-electron chi connectivity index (χ1n) is 10.2. The zero-order valence-corrected chi connectivity index (χ0v) is 17.9. The third kappa shape index (κ3) is 3.92. The Morgan fingerprint density at radius 1 is 1.10 bits per heavy atom. The molecule has 4 unspecified atom stereocenters. The number of rotatable bonds is 4. The van der Waals surface area contributed by atoms with E-state index in [-0.39, 0.29) is 5.78 Å². The number of halogens is 1. The van der Waals surface area contributed by atoms with Crippen molar-refractivity contribution in [2.24, 2.45) is 0 Å². The Balaban J connectivity index is 1.35. The van der Waals surface area contributed by atoms with Gasteiger partial charge in [-0.2, -0.15) is 0 Å². The topological polar surface area (TPSA) is 83.5 Å². The van der Waals surface area contributed by atoms with E-state index in [1.807, 2.05) is 18.2 Å². The van der Waals surface area contributed by atoms with Crippen molar-refractivity contribution in [3.63, 3.8) is 0 Å². The third-order valence-electron chi connectivity index (χ3n) is 5.61. The highest BCUT2D eigenvalue weighted by Crippen LogP contribution is 2.38. The van der Waals surface area contributed by atoms with E-state index in [0.717, 1.165) is 16.9 Å². The predicted octanol–water partition coefficient (Wildman–Crippen LogP) is 3.12. The summed E-state index contributed by atoms with van der Waals surface area (Å²) in [5, 5.41) is 11.1. The lowest BCUT2D eigenvalue weighted by Gasteiger charge is -2.22. The van der Waals surface area contributed by atoms with Gasteiger partial charge in [-0.15, -0.1) is 0 Å². The largest absolute Gasteiger partial charge is 0.486 e. The number of carbonyl (C=O) groups is 1. The molecule has 0 radical (unpaired) electrons. The molecule has 0 aliphatic carbocycles. The Bertz CT molecular complexity index is 1020. The molecule has 1 N–H and O–H groups in total. The Morgan fingerprint density at radius 3 is 2.65 bits per heavy atom. The minimum atomic E-state index is -1.11. The van der Waals surface area contributed by atoms with Crippen LogP contribution in [0.15, 0.2) is 36.4 Å². The lowest BCUT2D eigenvalue weighted by atomic mass is 9.97. The van der Waals surface area contributed by atoms with Crippen molar-refractivity contribution in [2.75, 3.05) is 13.2 Å². The first-order valence-corrected chi connectivity index (χ1v) is 10.6. The summed E-state index contributed by atoms with van der Waals surface area (Å²) < 4.78 is 28.2. The minimum absolute atomic E-state index is 0.341. The number of Topliss-reactive ketones (excluding diaryl/α,β-unsaturated/α-hetero) is 1. The summed E-state index contributed by atoms with van der Waals surface area (Å²) in [6.07, 6.45) is -3.14. The lowest BCUT2D eigenvalue weighted by molar-refractivity contribution is -0.208. The molecule has 5 rings (SSSR count). The number of hydrogen-bond donors (Lipinski definition) is 1. The maximum absolute atomic E-state index is 13.1. The van der Waals surface area contributed by atoms with E-state index >= 15 is 0 Å². The molecule has 0 saturated carbocycles. The van der Waals surface area contributed by atoms with Crippen LogP contribution in [0.1, 0.15) is 35.3 Å². The maximum atomic E-state index is 13.1. The van der Waals surface area contributed by atoms with Gasteiger partial charge in [0.15, 0.2) is 35.5 Å². The van der Waals surface area contributed by atoms with E-state index in [9.17, 15) is 9.90 Å². The molecule has 2 fully saturated rings. The summed E-state index contributed by atoms with van der Waals surface area (Å²) in [4.78, 5) is 13.1. The van der Waals surface area contributed by atoms with Crippen LogP contribution in [0.25, 0.3) is 0 Å². The molecule has 2 aromatic carbocycles. The molecule has 2 saturated heterocycles. The first kappa shape index (κ1) is 20.7. The summed E-state index contributed by atoms with van der Waals surface area (Å²) in [6, 6.07) is 10.8. The van der Waals surface area contributed by atoms with Gasteiger partial charge in [0, 0.05) is 10.6 Å². The van der Waals surface area contributed by atoms with Gasteiger partial charge in [-0.1, -0.05) is 17.7 Å². The first-order chi connectivity index (χ1) is 14.8. The van der Waals surface area contributed by atoms with Crippen LogP contribution in [-0.4, -0.2) is 54.5 Å². The quantitative estimate of drug-likeness (QED) is 0.722. The molecule has 0 amide bonds. The molecule has 4 atom stereocenters. The van der Waals surface area contributed by atoms with Crippen LogP contribution in [0, 0.1) is 0 Å². The van der Waals surface area contributed by atoms with Crippen LogP contribution in [0.2, 0.25) is 5.02 Å². The normalized spacial score (nSPS) is 28.4. The molecule has 0 spiro atoms. The minimum Gasteiger partial charge on any atom is -0.486 e. The van der Waals surface area contributed by atoms with E-state index in [1.165, 1.54) is 0 Å². The maximum Gasteiger partial charge on any atom is 0.194 e. The molecule has 3 heterocycles. The summed E-state index contributed by atoms with van der Waals surface area (Å²) in [5.41, 5.74) is 2.16. The van der Waals surface area contributed by atoms with Gasteiger partial charge in [0.05, 0.1) is 0 Å². The Morgan fingerprint density at radius 2 is 1.87 bits per heavy atom. The van der Waals surface area contributed by atoms with E-state index in [0.29, 0.717) is 36.0 Å². The number of ether oxygens (including phenoxy) is 5. The molecular weight excluding hydrogens is 424 g/mol. The molecule has 31 heavy (non-hydrogen) atoms. The molecule has 164 valence electrons. The highest BCUT2D eigenvalue weighted by molar-refractivity contribution is 6.31. The molecule has 8 heteroatoms. The second-order valence-corrected chi connectivity index (χ2v) is 8.75. The van der Waals surface area contributed by atoms with E-state index in [2.05, 4.69) is 0 Å². The highest BCUT2D eigenvalue weighted by Gasteiger charge is 2.56. The Labute approximate surface area is 184 Å². The average molecular weight is 447 g/mol. The van der Waals surface area contributed by atoms with Gasteiger partial charge in [-0.05, 0) is 61.7 Å². The Hall–Kier alpha value is -2.16. The number of carbonyl (C=O) groups excluding carboxylic acids is 1. The number of aliphatic hydroxyl groups excluding tert-OH is 1. The van der Waals surface area contributed by atoms with E-state index in [4.69, 9.17) is 35.3 Å². The van der Waals surface area contributed by atoms with E-state index in [1.54, 1.807) is 32.0 Å². The van der Waals surface area contributed by atoms with Gasteiger partial charge in [0.1, 0.15) is 25.4 Å². The zero-order chi connectivity index (χ0) is 21.8. The zero-order valence-electron chi connectivity index (χ0n) is 17.2. The number of aliphatic hydroxyl groups is 1. The third-order valence-corrected chi connectivity index (χ3v) is 5.97. The summed E-state index contributed by atoms with van der Waals surface area (Å²) in [5.74, 6) is 0.216. The van der Waals surface area contributed by atoms with Gasteiger partial charge in [0.2, 0.25) is 0 Å². The Kier molecular flexibility index (Phi) is 5.19. The number of ketones is 1. The molecule has 0 bridgehead atoms. The van der Waals surface area contributed by atoms with Crippen molar-refractivity contribution in [2.45, 2.75) is 50.7 Å². The van der Waals surface area contributed by atoms with Crippen LogP contribution in [-0.2, 0) is 20.6 Å². The standard InChI is InChI=1S/C23H23ClO7/c1-23(2)30-21-19(26)20(29-22(21)31-23)18(25)13-4-5-15(24)14(11-13)9-12-3-6-16-17(10-12)28-8-7-27-16/h3-6,10-11,19-22,26H,7-9H2,1-2H3.